The molecular formula is C10H7. The summed E-state index contributed by atoms with van der Waals surface area (Å²) in [4.78, 5) is 0. The average molecular weight is 127 g/mol. The van der Waals surface area contributed by atoms with Crippen LogP contribution in [0.15, 0.2) is 24.3 Å². The van der Waals surface area contributed by atoms with Crippen molar-refractivity contribution in [1.82, 2.24) is 0 Å². The highest BCUT2D eigenvalue weighted by Gasteiger charge is 2.01. The molecule has 0 amide bonds. The van der Waals surface area contributed by atoms with Crippen LogP contribution in [0.5, 0.6) is 0 Å². The number of hydrogen-bond acceptors (Lipinski definition) is 0. The molecule has 47 valence electrons. The van der Waals surface area contributed by atoms with E-state index in [4.69, 9.17) is 0 Å². The van der Waals surface area contributed by atoms with Gasteiger partial charge in [0.2, 0.25) is 0 Å². The Balaban J connectivity index is 2.54. The van der Waals surface area contributed by atoms with Crippen molar-refractivity contribution < 1.29 is 0 Å². The van der Waals surface area contributed by atoms with E-state index in [2.05, 4.69) is 24.6 Å². The molecule has 0 N–H and O–H groups in total. The third-order valence-electron chi connectivity index (χ3n) is 1.66. The van der Waals surface area contributed by atoms with E-state index in [0.29, 0.717) is 0 Å². The van der Waals surface area contributed by atoms with Gasteiger partial charge >= 0.3 is 0 Å². The molecule has 10 heavy (non-hydrogen) atoms. The monoisotopic (exact) mass is 127 g/mol. The summed E-state index contributed by atoms with van der Waals surface area (Å²) in [5.41, 5.74) is 2.63. The van der Waals surface area contributed by atoms with Gasteiger partial charge in [-0.05, 0) is 29.7 Å². The van der Waals surface area contributed by atoms with E-state index in [-0.39, 0.29) is 0 Å². The molecule has 0 heteroatoms. The maximum Gasteiger partial charge on any atom is 0.0132 e. The minimum absolute atomic E-state index is 0.945. The van der Waals surface area contributed by atoms with Crippen LogP contribution in [0.2, 0.25) is 0 Å². The van der Waals surface area contributed by atoms with Crippen LogP contribution in [0.3, 0.4) is 0 Å². The number of benzene rings is 1. The third kappa shape index (κ3) is 0.860. The molecule has 1 aromatic carbocycles. The van der Waals surface area contributed by atoms with Crippen LogP contribution < -0.4 is 0 Å². The predicted molar refractivity (Wildman–Crippen MR) is 41.3 cm³/mol. The number of rotatable bonds is 0. The van der Waals surface area contributed by atoms with Crippen LogP contribution >= 0.6 is 0 Å². The van der Waals surface area contributed by atoms with Gasteiger partial charge in [-0.1, -0.05) is 24.3 Å². The van der Waals surface area contributed by atoms with E-state index in [1.54, 1.807) is 0 Å². The number of hydrogen-bond donors (Lipinski definition) is 0. The molecule has 1 aliphatic carbocycles. The highest BCUT2D eigenvalue weighted by atomic mass is 14.1. The van der Waals surface area contributed by atoms with Crippen molar-refractivity contribution in [2.75, 3.05) is 0 Å². The standard InChI is InChI=1S/C10H7/c1-2-6-10-8-4-3-7-9(10)5-1/h1,4-6,8H,7H2. The summed E-state index contributed by atoms with van der Waals surface area (Å²) in [6.07, 6.45) is 8.12. The summed E-state index contributed by atoms with van der Waals surface area (Å²) in [7, 11) is 0. The van der Waals surface area contributed by atoms with Crippen molar-refractivity contribution in [3.63, 3.8) is 0 Å². The Hall–Kier alpha value is -1.04. The maximum atomic E-state index is 3.15. The van der Waals surface area contributed by atoms with Gasteiger partial charge in [0, 0.05) is 6.42 Å². The zero-order valence-electron chi connectivity index (χ0n) is 5.59. The van der Waals surface area contributed by atoms with Crippen LogP contribution in [-0.2, 0) is 6.42 Å². The zero-order valence-corrected chi connectivity index (χ0v) is 5.59. The Morgan fingerprint density at radius 1 is 1.40 bits per heavy atom. The van der Waals surface area contributed by atoms with E-state index in [0.717, 1.165) is 6.42 Å². The van der Waals surface area contributed by atoms with E-state index in [9.17, 15) is 0 Å². The number of fused-ring (bicyclic) bond motifs is 1. The van der Waals surface area contributed by atoms with Crippen molar-refractivity contribution in [1.29, 1.82) is 0 Å². The first-order chi connectivity index (χ1) is 4.97. The molecule has 0 saturated carbocycles. The topological polar surface area (TPSA) is 0 Å². The predicted octanol–water partition coefficient (Wildman–Crippen LogP) is 2.14. The molecule has 0 nitrogen and oxygen atoms in total. The molecule has 0 aliphatic heterocycles. The lowest BCUT2D eigenvalue weighted by Crippen LogP contribution is -1.92. The van der Waals surface area contributed by atoms with Crippen LogP contribution in [-0.4, -0.2) is 0 Å². The van der Waals surface area contributed by atoms with Gasteiger partial charge in [0.1, 0.15) is 0 Å². The second kappa shape index (κ2) is 2.30. The fraction of sp³-hybridized carbons (Fsp3) is 0.100. The highest BCUT2D eigenvalue weighted by Crippen LogP contribution is 2.16. The second-order valence-corrected chi connectivity index (χ2v) is 2.34. The van der Waals surface area contributed by atoms with Gasteiger partial charge in [-0.25, -0.2) is 0 Å². The molecule has 0 spiro atoms. The van der Waals surface area contributed by atoms with Gasteiger partial charge < -0.3 is 0 Å². The van der Waals surface area contributed by atoms with Gasteiger partial charge in [-0.3, -0.25) is 0 Å². The first-order valence-corrected chi connectivity index (χ1v) is 3.36. The molecule has 0 bridgehead atoms. The highest BCUT2D eigenvalue weighted by molar-refractivity contribution is 5.57. The van der Waals surface area contributed by atoms with Crippen molar-refractivity contribution in [3.8, 4) is 0 Å². The van der Waals surface area contributed by atoms with Gasteiger partial charge in [-0.15, -0.1) is 0 Å². The van der Waals surface area contributed by atoms with Crippen LogP contribution in [0.25, 0.3) is 6.08 Å². The second-order valence-electron chi connectivity index (χ2n) is 2.34. The van der Waals surface area contributed by atoms with Crippen LogP contribution in [0.4, 0.5) is 0 Å². The minimum atomic E-state index is 0.945. The molecule has 0 fully saturated rings. The van der Waals surface area contributed by atoms with Crippen molar-refractivity contribution in [3.05, 3.63) is 47.9 Å². The average Bonchev–Trinajstić information content (AvgIpc) is 2.05. The Kier molecular flexibility index (Phi) is 1.31. The number of allylic oxidation sites excluding steroid dienone is 1. The Bertz CT molecular complexity index is 258. The summed E-state index contributed by atoms with van der Waals surface area (Å²) >= 11 is 0. The van der Waals surface area contributed by atoms with Crippen molar-refractivity contribution >= 4 is 6.08 Å². The maximum absolute atomic E-state index is 3.15. The fourth-order valence-corrected chi connectivity index (χ4v) is 1.11. The summed E-state index contributed by atoms with van der Waals surface area (Å²) in [6.45, 7) is 0. The van der Waals surface area contributed by atoms with Gasteiger partial charge in [-0.2, -0.15) is 0 Å². The molecule has 2 rings (SSSR count). The Morgan fingerprint density at radius 2 is 2.40 bits per heavy atom. The van der Waals surface area contributed by atoms with E-state index >= 15 is 0 Å². The first-order valence-electron chi connectivity index (χ1n) is 3.36. The third-order valence-corrected chi connectivity index (χ3v) is 1.66. The smallest absolute Gasteiger partial charge is 0.0132 e. The van der Waals surface area contributed by atoms with Gasteiger partial charge in [0.25, 0.3) is 0 Å². The quantitative estimate of drug-likeness (QED) is 0.501. The lowest BCUT2D eigenvalue weighted by atomic mass is 9.98. The molecule has 0 heterocycles. The largest absolute Gasteiger partial charge is 0.0755 e. The van der Waals surface area contributed by atoms with E-state index in [1.165, 1.54) is 11.1 Å². The molecule has 1 aliphatic rings. The minimum Gasteiger partial charge on any atom is -0.0755 e. The Morgan fingerprint density at radius 3 is 3.30 bits per heavy atom. The van der Waals surface area contributed by atoms with Gasteiger partial charge in [0.05, 0.1) is 0 Å². The molecule has 0 aromatic heterocycles. The van der Waals surface area contributed by atoms with Crippen LogP contribution in [0.1, 0.15) is 11.1 Å². The van der Waals surface area contributed by atoms with Crippen molar-refractivity contribution in [2.45, 2.75) is 6.42 Å². The summed E-state index contributed by atoms with van der Waals surface area (Å²) < 4.78 is 0. The molecular weight excluding hydrogens is 120 g/mol. The van der Waals surface area contributed by atoms with Crippen molar-refractivity contribution in [2.24, 2.45) is 0 Å². The van der Waals surface area contributed by atoms with E-state index in [1.807, 2.05) is 18.2 Å². The van der Waals surface area contributed by atoms with Crippen LogP contribution in [0, 0.1) is 12.5 Å². The van der Waals surface area contributed by atoms with Gasteiger partial charge in [0.15, 0.2) is 0 Å². The molecule has 0 saturated heterocycles. The normalized spacial score (nSPS) is 14.8. The molecule has 3 radical (unpaired) electrons. The summed E-state index contributed by atoms with van der Waals surface area (Å²) in [5, 5.41) is 0. The lowest BCUT2D eigenvalue weighted by molar-refractivity contribution is 1.17. The SMILES string of the molecule is [C]1C=Cc2c[c]ccc2C1. The molecule has 0 unspecified atom stereocenters. The summed E-state index contributed by atoms with van der Waals surface area (Å²) in [5.74, 6) is 0. The summed E-state index contributed by atoms with van der Waals surface area (Å²) in [6, 6.07) is 9.08. The molecule has 1 aromatic rings. The van der Waals surface area contributed by atoms with E-state index < -0.39 is 0 Å². The lowest BCUT2D eigenvalue weighted by Gasteiger charge is -2.07. The fourth-order valence-electron chi connectivity index (χ4n) is 1.11. The zero-order chi connectivity index (χ0) is 6.81. The molecule has 0 atom stereocenters. The first kappa shape index (κ1) is 5.72. The Labute approximate surface area is 61.2 Å².